The molecule has 8 nitrogen and oxygen atoms in total. The summed E-state index contributed by atoms with van der Waals surface area (Å²) < 4.78 is 43.5. The molecule has 0 spiro atoms. The number of nitrogens with one attached hydrogen (secondary N) is 3. The van der Waals surface area contributed by atoms with Gasteiger partial charge in [0.1, 0.15) is 23.5 Å². The number of carbonyl (C=O) groups is 1. The standard InChI is InChI=1S/C12H8F3N5.C11H13NO2/c13-12(14,15)8-5-16-6-17-11(8)18-10-7-3-1-2-4-9(7)19-20-10;1-14-10-6-4-9(5-7-10)12-11(13)8-2-3-8/h1-6H,(H2,16,17,18,19,20);4-8H,2-3H2,1H3,(H,12,13). The number of anilines is 3. The van der Waals surface area contributed by atoms with Gasteiger partial charge in [-0.05, 0) is 49.2 Å². The van der Waals surface area contributed by atoms with E-state index in [-0.39, 0.29) is 23.5 Å². The Morgan fingerprint density at radius 2 is 1.82 bits per heavy atom. The number of methoxy groups -OCH3 is 1. The van der Waals surface area contributed by atoms with Gasteiger partial charge in [-0.1, -0.05) is 12.1 Å². The molecule has 0 radical (unpaired) electrons. The van der Waals surface area contributed by atoms with Crippen LogP contribution in [0.25, 0.3) is 10.9 Å². The van der Waals surface area contributed by atoms with Crippen LogP contribution >= 0.6 is 0 Å². The van der Waals surface area contributed by atoms with E-state index >= 15 is 0 Å². The molecule has 0 bridgehead atoms. The minimum atomic E-state index is -4.53. The summed E-state index contributed by atoms with van der Waals surface area (Å²) in [5, 5.41) is 12.8. The van der Waals surface area contributed by atoms with Crippen molar-refractivity contribution in [1.29, 1.82) is 0 Å². The normalized spacial score (nSPS) is 13.1. The smallest absolute Gasteiger partial charge is 0.421 e. The van der Waals surface area contributed by atoms with Gasteiger partial charge in [0.05, 0.1) is 12.6 Å². The van der Waals surface area contributed by atoms with E-state index in [0.29, 0.717) is 5.39 Å². The topological polar surface area (TPSA) is 105 Å². The van der Waals surface area contributed by atoms with Gasteiger partial charge < -0.3 is 15.4 Å². The Bertz CT molecular complexity index is 1270. The van der Waals surface area contributed by atoms with Crippen LogP contribution in [0.4, 0.5) is 30.5 Å². The molecule has 5 rings (SSSR count). The number of hydrogen-bond acceptors (Lipinski definition) is 6. The molecule has 176 valence electrons. The number of alkyl halides is 3. The fourth-order valence-electron chi connectivity index (χ4n) is 3.07. The lowest BCUT2D eigenvalue weighted by Gasteiger charge is -2.11. The van der Waals surface area contributed by atoms with E-state index in [4.69, 9.17) is 4.74 Å². The number of H-pyrrole nitrogens is 1. The maximum atomic E-state index is 12.8. The largest absolute Gasteiger partial charge is 0.497 e. The number of aromatic nitrogens is 4. The van der Waals surface area contributed by atoms with Crippen molar-refractivity contribution in [3.8, 4) is 5.75 Å². The zero-order valence-electron chi connectivity index (χ0n) is 18.1. The average Bonchev–Trinajstić information content (AvgIpc) is 3.62. The van der Waals surface area contributed by atoms with E-state index in [2.05, 4.69) is 30.8 Å². The maximum Gasteiger partial charge on any atom is 0.421 e. The van der Waals surface area contributed by atoms with E-state index in [1.165, 1.54) is 0 Å². The highest BCUT2D eigenvalue weighted by atomic mass is 19.4. The van der Waals surface area contributed by atoms with Crippen molar-refractivity contribution in [3.63, 3.8) is 0 Å². The lowest BCUT2D eigenvalue weighted by molar-refractivity contribution is -0.137. The number of nitrogens with zero attached hydrogens (tertiary/aromatic N) is 3. The maximum absolute atomic E-state index is 12.8. The Kier molecular flexibility index (Phi) is 6.62. The zero-order chi connectivity index (χ0) is 24.1. The Hall–Kier alpha value is -4.15. The predicted octanol–water partition coefficient (Wildman–Crippen LogP) is 5.16. The molecular weight excluding hydrogens is 449 g/mol. The van der Waals surface area contributed by atoms with Gasteiger partial charge in [0.25, 0.3) is 0 Å². The molecule has 2 aromatic carbocycles. The molecule has 1 saturated carbocycles. The van der Waals surface area contributed by atoms with Crippen molar-refractivity contribution in [2.24, 2.45) is 5.92 Å². The van der Waals surface area contributed by atoms with Gasteiger partial charge in [0.2, 0.25) is 5.91 Å². The van der Waals surface area contributed by atoms with E-state index in [1.807, 2.05) is 24.3 Å². The summed E-state index contributed by atoms with van der Waals surface area (Å²) >= 11 is 0. The number of fused-ring (bicyclic) bond motifs is 1. The van der Waals surface area contributed by atoms with Crippen molar-refractivity contribution < 1.29 is 22.7 Å². The summed E-state index contributed by atoms with van der Waals surface area (Å²) in [6.45, 7) is 0. The second kappa shape index (κ2) is 9.77. The average molecular weight is 470 g/mol. The highest BCUT2D eigenvalue weighted by Crippen LogP contribution is 2.35. The molecular formula is C23H21F3N6O2. The molecule has 2 aromatic heterocycles. The molecule has 0 atom stereocenters. The van der Waals surface area contributed by atoms with E-state index in [0.717, 1.165) is 42.3 Å². The van der Waals surface area contributed by atoms with Crippen LogP contribution in [0, 0.1) is 5.92 Å². The first kappa shape index (κ1) is 23.0. The zero-order valence-corrected chi connectivity index (χ0v) is 18.1. The van der Waals surface area contributed by atoms with Gasteiger partial charge in [0.15, 0.2) is 5.82 Å². The van der Waals surface area contributed by atoms with Gasteiger partial charge in [-0.15, -0.1) is 0 Å². The van der Waals surface area contributed by atoms with Crippen molar-refractivity contribution in [2.45, 2.75) is 19.0 Å². The van der Waals surface area contributed by atoms with Crippen molar-refractivity contribution >= 4 is 34.1 Å². The summed E-state index contributed by atoms with van der Waals surface area (Å²) in [5.41, 5.74) is 0.618. The first-order chi connectivity index (χ1) is 16.3. The fraction of sp³-hybridized carbons (Fsp3) is 0.217. The third-order valence-corrected chi connectivity index (χ3v) is 5.03. The highest BCUT2D eigenvalue weighted by Gasteiger charge is 2.35. The number of ether oxygens (including phenoxy) is 1. The number of benzene rings is 2. The van der Waals surface area contributed by atoms with Gasteiger partial charge in [0, 0.05) is 23.2 Å². The molecule has 3 N–H and O–H groups in total. The summed E-state index contributed by atoms with van der Waals surface area (Å²) in [6.07, 6.45) is -0.698. The summed E-state index contributed by atoms with van der Waals surface area (Å²) in [7, 11) is 1.62. The molecule has 1 amide bonds. The summed E-state index contributed by atoms with van der Waals surface area (Å²) in [5.74, 6) is 1.14. The number of halogens is 3. The third kappa shape index (κ3) is 5.61. The molecule has 0 unspecified atom stereocenters. The molecule has 1 aliphatic carbocycles. The second-order valence-corrected chi connectivity index (χ2v) is 7.52. The summed E-state index contributed by atoms with van der Waals surface area (Å²) in [6, 6.07) is 14.5. The number of rotatable bonds is 5. The molecule has 4 aromatic rings. The molecule has 2 heterocycles. The van der Waals surface area contributed by atoms with Crippen LogP contribution in [0.5, 0.6) is 5.75 Å². The SMILES string of the molecule is COc1ccc(NC(=O)C2CC2)cc1.FC(F)(F)c1cncnc1Nc1n[nH]c2ccccc12. The van der Waals surface area contributed by atoms with E-state index < -0.39 is 11.7 Å². The van der Waals surface area contributed by atoms with Crippen molar-refractivity contribution in [2.75, 3.05) is 17.7 Å². The second-order valence-electron chi connectivity index (χ2n) is 7.52. The molecule has 1 aliphatic rings. The minimum Gasteiger partial charge on any atom is -0.497 e. The van der Waals surface area contributed by atoms with Crippen LogP contribution in [0.3, 0.4) is 0 Å². The Morgan fingerprint density at radius 1 is 1.09 bits per heavy atom. The molecule has 0 saturated heterocycles. The van der Waals surface area contributed by atoms with Crippen LogP contribution in [-0.2, 0) is 11.0 Å². The molecule has 11 heteroatoms. The first-order valence-corrected chi connectivity index (χ1v) is 10.4. The Labute approximate surface area is 192 Å². The molecule has 34 heavy (non-hydrogen) atoms. The summed E-state index contributed by atoms with van der Waals surface area (Å²) in [4.78, 5) is 18.4. The van der Waals surface area contributed by atoms with Crippen molar-refractivity contribution in [3.05, 3.63) is 66.6 Å². The molecule has 1 fully saturated rings. The van der Waals surface area contributed by atoms with Crippen LogP contribution < -0.4 is 15.4 Å². The van der Waals surface area contributed by atoms with E-state index in [1.54, 1.807) is 31.4 Å². The predicted molar refractivity (Wildman–Crippen MR) is 121 cm³/mol. The van der Waals surface area contributed by atoms with E-state index in [9.17, 15) is 18.0 Å². The van der Waals surface area contributed by atoms with Gasteiger partial charge in [-0.25, -0.2) is 9.97 Å². The van der Waals surface area contributed by atoms with Crippen LogP contribution in [0.2, 0.25) is 0 Å². The fourth-order valence-corrected chi connectivity index (χ4v) is 3.07. The Morgan fingerprint density at radius 3 is 2.50 bits per heavy atom. The number of aromatic amines is 1. The van der Waals surface area contributed by atoms with Gasteiger partial charge >= 0.3 is 6.18 Å². The van der Waals surface area contributed by atoms with Crippen molar-refractivity contribution in [1.82, 2.24) is 20.2 Å². The number of amides is 1. The lowest BCUT2D eigenvalue weighted by Crippen LogP contribution is -2.12. The van der Waals surface area contributed by atoms with Crippen LogP contribution in [0.1, 0.15) is 18.4 Å². The number of para-hydroxylation sites is 1. The quantitative estimate of drug-likeness (QED) is 0.372. The van der Waals surface area contributed by atoms with Crippen LogP contribution in [0.15, 0.2) is 61.1 Å². The third-order valence-electron chi connectivity index (χ3n) is 5.03. The number of hydrogen-bond donors (Lipinski definition) is 3. The van der Waals surface area contributed by atoms with Crippen LogP contribution in [-0.4, -0.2) is 33.2 Å². The Balaban J connectivity index is 0.000000172. The minimum absolute atomic E-state index is 0.134. The monoisotopic (exact) mass is 470 g/mol. The molecule has 0 aliphatic heterocycles. The number of carbonyl (C=O) groups excluding carboxylic acids is 1. The lowest BCUT2D eigenvalue weighted by atomic mass is 10.2. The van der Waals surface area contributed by atoms with Gasteiger partial charge in [-0.2, -0.15) is 18.3 Å². The highest BCUT2D eigenvalue weighted by molar-refractivity contribution is 5.94. The van der Waals surface area contributed by atoms with Gasteiger partial charge in [-0.3, -0.25) is 9.89 Å². The first-order valence-electron chi connectivity index (χ1n) is 10.4.